The molecule has 1 unspecified atom stereocenters. The lowest BCUT2D eigenvalue weighted by Crippen LogP contribution is -2.01. The largest absolute Gasteiger partial charge is 0.384 e. The van der Waals surface area contributed by atoms with E-state index in [1.165, 1.54) is 21.7 Å². The average Bonchev–Trinajstić information content (AvgIpc) is 3.10. The zero-order chi connectivity index (χ0) is 30.8. The van der Waals surface area contributed by atoms with Crippen molar-refractivity contribution in [2.45, 2.75) is 13.0 Å². The molecular weight excluding hydrogens is 548 g/mol. The van der Waals surface area contributed by atoms with Gasteiger partial charge in [0.25, 0.3) is 0 Å². The van der Waals surface area contributed by atoms with Crippen molar-refractivity contribution in [3.8, 4) is 0 Å². The summed E-state index contributed by atoms with van der Waals surface area (Å²) in [6.45, 7) is 2.09. The van der Waals surface area contributed by atoms with Crippen LogP contribution < -0.4 is 0 Å². The van der Waals surface area contributed by atoms with Crippen LogP contribution in [0.5, 0.6) is 0 Å². The number of benzene rings is 8. The normalized spacial score (nSPS) is 11.8. The summed E-state index contributed by atoms with van der Waals surface area (Å²) >= 11 is 0. The van der Waals surface area contributed by atoms with Gasteiger partial charge >= 0.3 is 0 Å². The van der Waals surface area contributed by atoms with E-state index in [1.54, 1.807) is 0 Å². The van der Waals surface area contributed by atoms with E-state index < -0.39 is 6.10 Å². The fourth-order valence-electron chi connectivity index (χ4n) is 5.95. The van der Waals surface area contributed by atoms with Crippen molar-refractivity contribution < 1.29 is 9.90 Å². The Morgan fingerprint density at radius 2 is 0.800 bits per heavy atom. The van der Waals surface area contributed by atoms with Gasteiger partial charge in [0.1, 0.15) is 6.10 Å². The first-order chi connectivity index (χ1) is 22.0. The molecule has 1 atom stereocenters. The van der Waals surface area contributed by atoms with E-state index in [4.69, 9.17) is 0 Å². The molecule has 45 heavy (non-hydrogen) atoms. The first-order valence-corrected chi connectivity index (χ1v) is 15.2. The second kappa shape index (κ2) is 12.2. The van der Waals surface area contributed by atoms with E-state index in [-0.39, 0.29) is 5.78 Å². The monoisotopic (exact) mass is 580 g/mol. The van der Waals surface area contributed by atoms with Gasteiger partial charge in [0.2, 0.25) is 0 Å². The van der Waals surface area contributed by atoms with E-state index in [0.29, 0.717) is 0 Å². The molecule has 0 aliphatic carbocycles. The molecule has 0 amide bonds. The Kier molecular flexibility index (Phi) is 7.65. The molecule has 0 bridgehead atoms. The van der Waals surface area contributed by atoms with Crippen molar-refractivity contribution in [2.75, 3.05) is 0 Å². The molecule has 0 fully saturated rings. The minimum atomic E-state index is -0.607. The third-order valence-corrected chi connectivity index (χ3v) is 8.45. The predicted molar refractivity (Wildman–Crippen MR) is 188 cm³/mol. The molecule has 8 rings (SSSR count). The van der Waals surface area contributed by atoms with Gasteiger partial charge in [-0.1, -0.05) is 145 Å². The Morgan fingerprint density at radius 1 is 0.422 bits per heavy atom. The van der Waals surface area contributed by atoms with Crippen LogP contribution in [-0.4, -0.2) is 10.9 Å². The van der Waals surface area contributed by atoms with Gasteiger partial charge in [-0.2, -0.15) is 0 Å². The van der Waals surface area contributed by atoms with E-state index in [2.05, 4.69) is 73.7 Å². The highest BCUT2D eigenvalue weighted by Crippen LogP contribution is 2.28. The van der Waals surface area contributed by atoms with Gasteiger partial charge < -0.3 is 5.11 Å². The van der Waals surface area contributed by atoms with E-state index >= 15 is 0 Å². The summed E-state index contributed by atoms with van der Waals surface area (Å²) in [6, 6.07) is 54.9. The number of hydrogen-bond donors (Lipinski definition) is 1. The summed E-state index contributed by atoms with van der Waals surface area (Å²) in [5.74, 6) is 0.0662. The summed E-state index contributed by atoms with van der Waals surface area (Å²) in [6.07, 6.45) is -0.607. The molecule has 0 saturated heterocycles. The quantitative estimate of drug-likeness (QED) is 0.210. The standard InChI is InChI=1S/C22H18O.C21H14O/c1-15-6-7-17-9-11-20(14-21(17)12-15)22(23)19-10-8-16-4-2-3-5-18(16)13-19;22-21(19-11-9-15-5-1-3-7-17(15)13-19)20-12-10-16-6-2-4-8-18(16)14-20/h2-14,22-23H,1H3;1-14H. The van der Waals surface area contributed by atoms with Crippen LogP contribution in [0.1, 0.15) is 38.7 Å². The fraction of sp³-hybridized carbons (Fsp3) is 0.0465. The zero-order valence-electron chi connectivity index (χ0n) is 25.0. The van der Waals surface area contributed by atoms with Gasteiger partial charge in [-0.3, -0.25) is 4.79 Å². The van der Waals surface area contributed by atoms with Gasteiger partial charge in [-0.25, -0.2) is 0 Å². The van der Waals surface area contributed by atoms with Crippen LogP contribution in [0.4, 0.5) is 0 Å². The minimum absolute atomic E-state index is 0.0662. The van der Waals surface area contributed by atoms with Crippen molar-refractivity contribution in [2.24, 2.45) is 0 Å². The summed E-state index contributed by atoms with van der Waals surface area (Å²) in [5, 5.41) is 20.0. The number of carbonyl (C=O) groups is 1. The number of ketones is 1. The van der Waals surface area contributed by atoms with Gasteiger partial charge in [-0.15, -0.1) is 0 Å². The highest BCUT2D eigenvalue weighted by atomic mass is 16.3. The number of fused-ring (bicyclic) bond motifs is 4. The van der Waals surface area contributed by atoms with Gasteiger partial charge in [0.05, 0.1) is 0 Å². The Morgan fingerprint density at radius 3 is 1.31 bits per heavy atom. The van der Waals surface area contributed by atoms with Crippen LogP contribution in [0.25, 0.3) is 43.1 Å². The first-order valence-electron chi connectivity index (χ1n) is 15.2. The third kappa shape index (κ3) is 5.97. The Hall–Kier alpha value is -5.57. The van der Waals surface area contributed by atoms with Crippen LogP contribution in [0, 0.1) is 6.92 Å². The Bertz CT molecular complexity index is 2250. The van der Waals surface area contributed by atoms with Crippen molar-refractivity contribution in [3.63, 3.8) is 0 Å². The number of rotatable bonds is 4. The fourth-order valence-corrected chi connectivity index (χ4v) is 5.95. The van der Waals surface area contributed by atoms with Gasteiger partial charge in [-0.05, 0) is 85.4 Å². The second-order valence-corrected chi connectivity index (χ2v) is 11.6. The number of aliphatic hydroxyl groups excluding tert-OH is 1. The lowest BCUT2D eigenvalue weighted by Gasteiger charge is -2.13. The topological polar surface area (TPSA) is 37.3 Å². The minimum Gasteiger partial charge on any atom is -0.384 e. The summed E-state index contributed by atoms with van der Waals surface area (Å²) < 4.78 is 0. The summed E-state index contributed by atoms with van der Waals surface area (Å²) in [5.41, 5.74) is 4.55. The van der Waals surface area contributed by atoms with E-state index in [1.807, 2.05) is 97.1 Å². The van der Waals surface area contributed by atoms with Gasteiger partial charge in [0, 0.05) is 11.1 Å². The molecule has 1 N–H and O–H groups in total. The van der Waals surface area contributed by atoms with Crippen molar-refractivity contribution in [1.82, 2.24) is 0 Å². The van der Waals surface area contributed by atoms with Crippen molar-refractivity contribution in [1.29, 1.82) is 0 Å². The zero-order valence-corrected chi connectivity index (χ0v) is 25.0. The molecule has 216 valence electrons. The molecular formula is C43H32O2. The molecule has 0 saturated carbocycles. The maximum atomic E-state index is 12.7. The Balaban J connectivity index is 0.000000145. The number of hydrogen-bond acceptors (Lipinski definition) is 2. The molecule has 8 aromatic rings. The molecule has 0 spiro atoms. The molecule has 2 heteroatoms. The number of aliphatic hydroxyl groups is 1. The molecule has 0 radical (unpaired) electrons. The van der Waals surface area contributed by atoms with Crippen LogP contribution in [0.2, 0.25) is 0 Å². The second-order valence-electron chi connectivity index (χ2n) is 11.6. The van der Waals surface area contributed by atoms with Crippen molar-refractivity contribution >= 4 is 48.9 Å². The lowest BCUT2D eigenvalue weighted by molar-refractivity contribution is 0.103. The first kappa shape index (κ1) is 28.2. The maximum absolute atomic E-state index is 12.7. The number of aryl methyl sites for hydroxylation is 1. The van der Waals surface area contributed by atoms with Gasteiger partial charge in [0.15, 0.2) is 5.78 Å². The van der Waals surface area contributed by atoms with Crippen LogP contribution in [-0.2, 0) is 0 Å². The molecule has 2 nitrogen and oxygen atoms in total. The molecule has 0 heterocycles. The van der Waals surface area contributed by atoms with Crippen molar-refractivity contribution in [3.05, 3.63) is 192 Å². The summed E-state index contributed by atoms with van der Waals surface area (Å²) in [4.78, 5) is 12.7. The molecule has 8 aromatic carbocycles. The smallest absolute Gasteiger partial charge is 0.193 e. The molecule has 0 aliphatic rings. The molecule has 0 aliphatic heterocycles. The van der Waals surface area contributed by atoms with Crippen LogP contribution in [0.15, 0.2) is 164 Å². The predicted octanol–water partition coefficient (Wildman–Crippen LogP) is 10.6. The van der Waals surface area contributed by atoms with E-state index in [9.17, 15) is 9.90 Å². The third-order valence-electron chi connectivity index (χ3n) is 8.45. The lowest BCUT2D eigenvalue weighted by atomic mass is 9.96. The Labute approximate surface area is 262 Å². The SMILES string of the molecule is Cc1ccc2ccc(C(O)c3ccc4ccccc4c3)cc2c1.O=C(c1ccc2ccccc2c1)c1ccc2ccccc2c1. The van der Waals surface area contributed by atoms with Crippen LogP contribution in [0.3, 0.4) is 0 Å². The van der Waals surface area contributed by atoms with Crippen LogP contribution >= 0.6 is 0 Å². The van der Waals surface area contributed by atoms with E-state index in [0.717, 1.165) is 49.2 Å². The maximum Gasteiger partial charge on any atom is 0.193 e. The average molecular weight is 581 g/mol. The highest BCUT2D eigenvalue weighted by molar-refractivity contribution is 6.12. The number of carbonyl (C=O) groups excluding carboxylic acids is 1. The highest BCUT2D eigenvalue weighted by Gasteiger charge is 2.12. The molecule has 0 aromatic heterocycles. The summed E-state index contributed by atoms with van der Waals surface area (Å²) in [7, 11) is 0.